The molecule has 2 aromatic carbocycles. The van der Waals surface area contributed by atoms with Gasteiger partial charge < -0.3 is 9.84 Å². The van der Waals surface area contributed by atoms with Gasteiger partial charge in [-0.3, -0.25) is 0 Å². The molecular formula is C20H16FNO3. The summed E-state index contributed by atoms with van der Waals surface area (Å²) in [7, 11) is 1.41. The lowest BCUT2D eigenvalue weighted by molar-refractivity contribution is 0.0698. The van der Waals surface area contributed by atoms with Crippen LogP contribution in [0.3, 0.4) is 0 Å². The van der Waals surface area contributed by atoms with Gasteiger partial charge in [-0.15, -0.1) is 0 Å². The molecular weight excluding hydrogens is 321 g/mol. The van der Waals surface area contributed by atoms with Gasteiger partial charge in [-0.25, -0.2) is 14.2 Å². The van der Waals surface area contributed by atoms with Crippen molar-refractivity contribution in [3.05, 3.63) is 70.7 Å². The van der Waals surface area contributed by atoms with Gasteiger partial charge in [-0.05, 0) is 42.3 Å². The quantitative estimate of drug-likeness (QED) is 0.758. The molecule has 0 amide bonds. The Hall–Kier alpha value is -3.21. The Morgan fingerprint density at radius 1 is 1.20 bits per heavy atom. The van der Waals surface area contributed by atoms with E-state index in [1.807, 2.05) is 6.07 Å². The fraction of sp³-hybridized carbons (Fsp3) is 0.100. The molecule has 5 heteroatoms. The van der Waals surface area contributed by atoms with E-state index in [-0.39, 0.29) is 11.3 Å². The first-order chi connectivity index (χ1) is 12.0. The maximum Gasteiger partial charge on any atom is 0.336 e. The molecule has 3 aromatic rings. The highest BCUT2D eigenvalue weighted by Gasteiger charge is 2.15. The van der Waals surface area contributed by atoms with Crippen molar-refractivity contribution in [2.75, 3.05) is 7.11 Å². The number of carbonyl (C=O) groups is 1. The number of hydrogen-bond acceptors (Lipinski definition) is 3. The second-order valence-corrected chi connectivity index (χ2v) is 5.55. The van der Waals surface area contributed by atoms with Crippen molar-refractivity contribution in [1.29, 1.82) is 0 Å². The van der Waals surface area contributed by atoms with E-state index >= 15 is 0 Å². The summed E-state index contributed by atoms with van der Waals surface area (Å²) in [4.78, 5) is 16.2. The van der Waals surface area contributed by atoms with Crippen molar-refractivity contribution in [2.45, 2.75) is 6.92 Å². The number of benzene rings is 2. The van der Waals surface area contributed by atoms with Gasteiger partial charge in [-0.2, -0.15) is 0 Å². The summed E-state index contributed by atoms with van der Waals surface area (Å²) in [5, 5.41) is 10.1. The number of hydrogen-bond donors (Lipinski definition) is 1. The molecule has 1 heterocycles. The van der Waals surface area contributed by atoms with E-state index in [1.54, 1.807) is 49.4 Å². The summed E-state index contributed by atoms with van der Waals surface area (Å²) < 4.78 is 18.7. The molecule has 3 rings (SSSR count). The summed E-state index contributed by atoms with van der Waals surface area (Å²) in [6, 6.07) is 11.7. The van der Waals surface area contributed by atoms with Crippen LogP contribution in [0, 0.1) is 12.7 Å². The molecule has 4 nitrogen and oxygen atoms in total. The topological polar surface area (TPSA) is 59.4 Å². The maximum absolute atomic E-state index is 13.8. The number of aromatic nitrogens is 1. The van der Waals surface area contributed by atoms with Gasteiger partial charge in [0.2, 0.25) is 0 Å². The lowest BCUT2D eigenvalue weighted by atomic mass is 10.0. The molecule has 0 aliphatic rings. The fourth-order valence-corrected chi connectivity index (χ4v) is 2.73. The van der Waals surface area contributed by atoms with Crippen molar-refractivity contribution in [2.24, 2.45) is 0 Å². The maximum atomic E-state index is 13.8. The molecule has 0 atom stereocenters. The Kier molecular flexibility index (Phi) is 4.48. The predicted molar refractivity (Wildman–Crippen MR) is 95.3 cm³/mol. The lowest BCUT2D eigenvalue weighted by Crippen LogP contribution is -2.04. The summed E-state index contributed by atoms with van der Waals surface area (Å²) in [6.07, 6.45) is 3.38. The zero-order valence-electron chi connectivity index (χ0n) is 13.8. The van der Waals surface area contributed by atoms with Crippen LogP contribution < -0.4 is 4.74 Å². The largest absolute Gasteiger partial charge is 0.494 e. The smallest absolute Gasteiger partial charge is 0.336 e. The van der Waals surface area contributed by atoms with Crippen LogP contribution in [0.2, 0.25) is 0 Å². The molecule has 0 aliphatic carbocycles. The van der Waals surface area contributed by atoms with Crippen LogP contribution in [-0.4, -0.2) is 23.2 Å². The Morgan fingerprint density at radius 2 is 1.96 bits per heavy atom. The molecule has 0 aliphatic heterocycles. The number of ether oxygens (including phenoxy) is 1. The van der Waals surface area contributed by atoms with Gasteiger partial charge >= 0.3 is 5.97 Å². The van der Waals surface area contributed by atoms with Crippen LogP contribution in [0.25, 0.3) is 23.1 Å². The Morgan fingerprint density at radius 3 is 2.64 bits per heavy atom. The van der Waals surface area contributed by atoms with Crippen molar-refractivity contribution in [3.63, 3.8) is 0 Å². The van der Waals surface area contributed by atoms with Crippen LogP contribution in [0.4, 0.5) is 4.39 Å². The number of carboxylic acid groups (broad SMARTS) is 1. The number of pyridine rings is 1. The normalized spacial score (nSPS) is 11.2. The van der Waals surface area contributed by atoms with Crippen molar-refractivity contribution in [3.8, 4) is 5.75 Å². The summed E-state index contributed by atoms with van der Waals surface area (Å²) in [5.74, 6) is -1.29. The highest BCUT2D eigenvalue weighted by molar-refractivity contribution is 6.04. The van der Waals surface area contributed by atoms with E-state index in [9.17, 15) is 14.3 Å². The van der Waals surface area contributed by atoms with Crippen LogP contribution >= 0.6 is 0 Å². The van der Waals surface area contributed by atoms with Crippen LogP contribution in [0.5, 0.6) is 5.75 Å². The van der Waals surface area contributed by atoms with E-state index < -0.39 is 11.8 Å². The summed E-state index contributed by atoms with van der Waals surface area (Å²) in [5.41, 5.74) is 2.56. The summed E-state index contributed by atoms with van der Waals surface area (Å²) >= 11 is 0. The van der Waals surface area contributed by atoms with E-state index in [1.165, 1.54) is 13.2 Å². The van der Waals surface area contributed by atoms with E-state index in [0.717, 1.165) is 0 Å². The molecule has 0 radical (unpaired) electrons. The molecule has 0 saturated carbocycles. The van der Waals surface area contributed by atoms with Crippen LogP contribution in [-0.2, 0) is 0 Å². The molecule has 126 valence electrons. The molecule has 1 aromatic heterocycles. The van der Waals surface area contributed by atoms with Gasteiger partial charge in [0.25, 0.3) is 0 Å². The zero-order valence-corrected chi connectivity index (χ0v) is 13.8. The number of fused-ring (bicyclic) bond motifs is 1. The third-order valence-corrected chi connectivity index (χ3v) is 4.00. The number of halogens is 1. The first-order valence-corrected chi connectivity index (χ1v) is 7.65. The van der Waals surface area contributed by atoms with Gasteiger partial charge in [-0.1, -0.05) is 30.3 Å². The first kappa shape index (κ1) is 16.6. The SMILES string of the molecule is COc1ccc(/C=C/c2nc3ccccc3c(C(=O)O)c2C)cc1F. The fourth-order valence-electron chi connectivity index (χ4n) is 2.73. The predicted octanol–water partition coefficient (Wildman–Crippen LogP) is 4.56. The van der Waals surface area contributed by atoms with Crippen LogP contribution in [0.15, 0.2) is 42.5 Å². The summed E-state index contributed by atoms with van der Waals surface area (Å²) in [6.45, 7) is 1.72. The Bertz CT molecular complexity index is 996. The standard InChI is InChI=1S/C20H16FNO3/c1-12-16(9-7-13-8-10-18(25-2)15(21)11-13)22-17-6-4-3-5-14(17)19(12)20(23)24/h3-11H,1-2H3,(H,23,24)/b9-7+. The van der Waals surface area contributed by atoms with Gasteiger partial charge in [0.05, 0.1) is 23.9 Å². The molecule has 0 bridgehead atoms. The number of rotatable bonds is 4. The minimum atomic E-state index is -0.999. The number of carboxylic acids is 1. The molecule has 0 spiro atoms. The second kappa shape index (κ2) is 6.73. The van der Waals surface area contributed by atoms with Crippen molar-refractivity contribution < 1.29 is 19.0 Å². The molecule has 0 unspecified atom stereocenters. The minimum Gasteiger partial charge on any atom is -0.494 e. The second-order valence-electron chi connectivity index (χ2n) is 5.55. The number of nitrogens with zero attached hydrogens (tertiary/aromatic N) is 1. The molecule has 0 saturated heterocycles. The van der Waals surface area contributed by atoms with E-state index in [2.05, 4.69) is 4.98 Å². The van der Waals surface area contributed by atoms with Crippen molar-refractivity contribution >= 4 is 29.0 Å². The molecule has 0 fully saturated rings. The first-order valence-electron chi connectivity index (χ1n) is 7.65. The minimum absolute atomic E-state index is 0.172. The average molecular weight is 337 g/mol. The zero-order chi connectivity index (χ0) is 18.0. The average Bonchev–Trinajstić information content (AvgIpc) is 2.59. The third kappa shape index (κ3) is 3.21. The van der Waals surface area contributed by atoms with Gasteiger partial charge in [0, 0.05) is 5.39 Å². The van der Waals surface area contributed by atoms with Crippen LogP contribution in [0.1, 0.15) is 27.2 Å². The highest BCUT2D eigenvalue weighted by Crippen LogP contribution is 2.25. The monoisotopic (exact) mass is 337 g/mol. The third-order valence-electron chi connectivity index (χ3n) is 4.00. The number of methoxy groups -OCH3 is 1. The van der Waals surface area contributed by atoms with Gasteiger partial charge in [0.15, 0.2) is 11.6 Å². The molecule has 1 N–H and O–H groups in total. The number of para-hydroxylation sites is 1. The van der Waals surface area contributed by atoms with Crippen molar-refractivity contribution in [1.82, 2.24) is 4.98 Å². The van der Waals surface area contributed by atoms with Gasteiger partial charge in [0.1, 0.15) is 0 Å². The Balaban J connectivity index is 2.08. The van der Waals surface area contributed by atoms with E-state index in [0.29, 0.717) is 27.7 Å². The Labute approximate surface area is 144 Å². The number of aromatic carboxylic acids is 1. The van der Waals surface area contributed by atoms with E-state index in [4.69, 9.17) is 4.74 Å². The highest BCUT2D eigenvalue weighted by atomic mass is 19.1. The molecule has 25 heavy (non-hydrogen) atoms. The lowest BCUT2D eigenvalue weighted by Gasteiger charge is -2.09.